The summed E-state index contributed by atoms with van der Waals surface area (Å²) in [6.45, 7) is 3.56. The van der Waals surface area contributed by atoms with E-state index >= 15 is 0 Å². The fraction of sp³-hybridized carbons (Fsp3) is 0.350. The van der Waals surface area contributed by atoms with Crippen LogP contribution >= 0.6 is 11.3 Å². The van der Waals surface area contributed by atoms with Crippen LogP contribution in [0.4, 0.5) is 4.79 Å². The third-order valence-corrected chi connectivity index (χ3v) is 4.52. The minimum absolute atomic E-state index is 0.0538. The number of hydrogen-bond acceptors (Lipinski definition) is 7. The van der Waals surface area contributed by atoms with Gasteiger partial charge in [0.25, 0.3) is 5.91 Å². The molecule has 1 aromatic heterocycles. The standard InChI is InChI=1S/C20H24N2O6S/c1-13(2)28-16-7-6-14(11-17(16)26-3)19(24)27-12-18(23)22-20(25)21-9-8-15-5-4-10-29-15/h4-7,10-11,13H,8-9,12H2,1-3H3,(H2,21,22,23,25). The van der Waals surface area contributed by atoms with Crippen molar-refractivity contribution in [2.75, 3.05) is 20.3 Å². The molecule has 0 aliphatic heterocycles. The smallest absolute Gasteiger partial charge is 0.338 e. The number of ether oxygens (including phenoxy) is 3. The molecule has 156 valence electrons. The Morgan fingerprint density at radius 3 is 2.59 bits per heavy atom. The lowest BCUT2D eigenvalue weighted by Crippen LogP contribution is -2.42. The summed E-state index contributed by atoms with van der Waals surface area (Å²) in [6, 6.07) is 7.83. The van der Waals surface area contributed by atoms with Crippen molar-refractivity contribution in [1.29, 1.82) is 0 Å². The Kier molecular flexibility index (Phi) is 8.47. The molecule has 1 heterocycles. The molecule has 0 bridgehead atoms. The maximum absolute atomic E-state index is 12.1. The van der Waals surface area contributed by atoms with E-state index in [1.807, 2.05) is 31.4 Å². The summed E-state index contributed by atoms with van der Waals surface area (Å²) in [4.78, 5) is 36.8. The highest BCUT2D eigenvalue weighted by Gasteiger charge is 2.15. The first-order valence-corrected chi connectivity index (χ1v) is 9.89. The van der Waals surface area contributed by atoms with Crippen LogP contribution in [0.25, 0.3) is 0 Å². The van der Waals surface area contributed by atoms with Crippen LogP contribution in [-0.2, 0) is 16.0 Å². The number of nitrogens with one attached hydrogen (secondary N) is 2. The summed E-state index contributed by atoms with van der Waals surface area (Å²) in [5, 5.41) is 6.64. The Morgan fingerprint density at radius 1 is 1.14 bits per heavy atom. The molecule has 0 spiro atoms. The minimum atomic E-state index is -0.723. The fourth-order valence-corrected chi connectivity index (χ4v) is 3.03. The van der Waals surface area contributed by atoms with Gasteiger partial charge in [-0.25, -0.2) is 9.59 Å². The molecule has 2 aromatic rings. The SMILES string of the molecule is COc1cc(C(=O)OCC(=O)NC(=O)NCCc2cccs2)ccc1OC(C)C. The molecule has 29 heavy (non-hydrogen) atoms. The summed E-state index contributed by atoms with van der Waals surface area (Å²) in [5.74, 6) is -0.565. The molecule has 0 fully saturated rings. The van der Waals surface area contributed by atoms with E-state index in [0.717, 1.165) is 4.88 Å². The van der Waals surface area contributed by atoms with Gasteiger partial charge in [-0.15, -0.1) is 11.3 Å². The normalized spacial score (nSPS) is 10.3. The Balaban J connectivity index is 1.77. The number of urea groups is 1. The average Bonchev–Trinajstić information content (AvgIpc) is 3.19. The van der Waals surface area contributed by atoms with Crippen LogP contribution in [-0.4, -0.2) is 44.3 Å². The van der Waals surface area contributed by atoms with E-state index in [0.29, 0.717) is 24.5 Å². The second-order valence-electron chi connectivity index (χ2n) is 6.24. The lowest BCUT2D eigenvalue weighted by Gasteiger charge is -2.14. The molecule has 8 nitrogen and oxygen atoms in total. The number of benzene rings is 1. The predicted molar refractivity (Wildman–Crippen MR) is 109 cm³/mol. The van der Waals surface area contributed by atoms with Gasteiger partial charge in [0.2, 0.25) is 0 Å². The van der Waals surface area contributed by atoms with Crippen molar-refractivity contribution < 1.29 is 28.6 Å². The first-order chi connectivity index (χ1) is 13.9. The van der Waals surface area contributed by atoms with Crippen LogP contribution in [0.15, 0.2) is 35.7 Å². The molecule has 3 amide bonds. The number of rotatable bonds is 9. The van der Waals surface area contributed by atoms with Crippen LogP contribution in [0.1, 0.15) is 29.1 Å². The molecule has 0 saturated heterocycles. The second kappa shape index (κ2) is 11.1. The van der Waals surface area contributed by atoms with E-state index in [-0.39, 0.29) is 11.7 Å². The third-order valence-electron chi connectivity index (χ3n) is 3.59. The van der Waals surface area contributed by atoms with E-state index in [9.17, 15) is 14.4 Å². The molecule has 0 aliphatic rings. The van der Waals surface area contributed by atoms with Crippen LogP contribution in [0.3, 0.4) is 0 Å². The Hall–Kier alpha value is -3.07. The molecule has 1 aromatic carbocycles. The molecule has 9 heteroatoms. The molecule has 2 N–H and O–H groups in total. The van der Waals surface area contributed by atoms with Crippen molar-refractivity contribution in [2.45, 2.75) is 26.4 Å². The molecular weight excluding hydrogens is 396 g/mol. The Bertz CT molecular complexity index is 836. The first-order valence-electron chi connectivity index (χ1n) is 9.01. The summed E-state index contributed by atoms with van der Waals surface area (Å²) in [7, 11) is 1.46. The van der Waals surface area contributed by atoms with Gasteiger partial charge in [-0.05, 0) is 49.9 Å². The molecule has 0 radical (unpaired) electrons. The van der Waals surface area contributed by atoms with E-state index in [1.54, 1.807) is 17.4 Å². The van der Waals surface area contributed by atoms with Gasteiger partial charge >= 0.3 is 12.0 Å². The molecular formula is C20H24N2O6S. The molecule has 0 atom stereocenters. The highest BCUT2D eigenvalue weighted by atomic mass is 32.1. The molecule has 2 rings (SSSR count). The number of imide groups is 1. The van der Waals surface area contributed by atoms with Crippen LogP contribution in [0.5, 0.6) is 11.5 Å². The van der Waals surface area contributed by atoms with Gasteiger partial charge in [-0.1, -0.05) is 6.07 Å². The number of methoxy groups -OCH3 is 1. The number of hydrogen-bond donors (Lipinski definition) is 2. The topological polar surface area (TPSA) is 103 Å². The summed E-state index contributed by atoms with van der Waals surface area (Å²) < 4.78 is 15.7. The van der Waals surface area contributed by atoms with Crippen molar-refractivity contribution in [3.05, 3.63) is 46.2 Å². The van der Waals surface area contributed by atoms with Crippen LogP contribution < -0.4 is 20.1 Å². The number of carbonyl (C=O) groups is 3. The Morgan fingerprint density at radius 2 is 1.93 bits per heavy atom. The number of amides is 3. The van der Waals surface area contributed by atoms with E-state index < -0.39 is 24.5 Å². The van der Waals surface area contributed by atoms with Gasteiger partial charge in [0.15, 0.2) is 18.1 Å². The summed E-state index contributed by atoms with van der Waals surface area (Å²) >= 11 is 1.59. The quantitative estimate of drug-likeness (QED) is 0.605. The van der Waals surface area contributed by atoms with E-state index in [1.165, 1.54) is 19.2 Å². The lowest BCUT2D eigenvalue weighted by atomic mass is 10.2. The second-order valence-corrected chi connectivity index (χ2v) is 7.27. The monoisotopic (exact) mass is 420 g/mol. The van der Waals surface area contributed by atoms with E-state index in [4.69, 9.17) is 14.2 Å². The maximum Gasteiger partial charge on any atom is 0.338 e. The minimum Gasteiger partial charge on any atom is -0.493 e. The number of esters is 1. The predicted octanol–water partition coefficient (Wildman–Crippen LogP) is 2.77. The van der Waals surface area contributed by atoms with Crippen LogP contribution in [0, 0.1) is 0 Å². The van der Waals surface area contributed by atoms with Crippen molar-refractivity contribution in [3.63, 3.8) is 0 Å². The number of carbonyl (C=O) groups excluding carboxylic acids is 3. The van der Waals surface area contributed by atoms with Crippen molar-refractivity contribution in [3.8, 4) is 11.5 Å². The van der Waals surface area contributed by atoms with E-state index in [2.05, 4.69) is 10.6 Å². The zero-order valence-corrected chi connectivity index (χ0v) is 17.3. The number of thiophene rings is 1. The van der Waals surface area contributed by atoms with Gasteiger partial charge in [0.05, 0.1) is 18.8 Å². The zero-order chi connectivity index (χ0) is 21.2. The molecule has 0 saturated carbocycles. The summed E-state index contributed by atoms with van der Waals surface area (Å²) in [6.07, 6.45) is 0.619. The van der Waals surface area contributed by atoms with Crippen molar-refractivity contribution in [2.24, 2.45) is 0 Å². The molecule has 0 aliphatic carbocycles. The zero-order valence-electron chi connectivity index (χ0n) is 16.5. The fourth-order valence-electron chi connectivity index (χ4n) is 2.32. The van der Waals surface area contributed by atoms with Gasteiger partial charge in [0, 0.05) is 11.4 Å². The van der Waals surface area contributed by atoms with Crippen molar-refractivity contribution >= 4 is 29.2 Å². The van der Waals surface area contributed by atoms with Gasteiger partial charge in [0.1, 0.15) is 0 Å². The first kappa shape index (κ1) is 22.2. The van der Waals surface area contributed by atoms with Gasteiger partial charge in [-0.3, -0.25) is 10.1 Å². The van der Waals surface area contributed by atoms with Gasteiger partial charge in [-0.2, -0.15) is 0 Å². The molecule has 0 unspecified atom stereocenters. The lowest BCUT2D eigenvalue weighted by molar-refractivity contribution is -0.123. The highest BCUT2D eigenvalue weighted by molar-refractivity contribution is 7.09. The maximum atomic E-state index is 12.1. The average molecular weight is 420 g/mol. The van der Waals surface area contributed by atoms with Gasteiger partial charge < -0.3 is 19.5 Å². The third kappa shape index (κ3) is 7.46. The summed E-state index contributed by atoms with van der Waals surface area (Å²) in [5.41, 5.74) is 0.200. The highest BCUT2D eigenvalue weighted by Crippen LogP contribution is 2.29. The largest absolute Gasteiger partial charge is 0.493 e. The Labute approximate surface area is 173 Å². The van der Waals surface area contributed by atoms with Crippen molar-refractivity contribution in [1.82, 2.24) is 10.6 Å². The van der Waals surface area contributed by atoms with Crippen LogP contribution in [0.2, 0.25) is 0 Å².